The van der Waals surface area contributed by atoms with E-state index in [1.54, 1.807) is 0 Å². The highest BCUT2D eigenvalue weighted by molar-refractivity contribution is 7.91. The third-order valence-electron chi connectivity index (χ3n) is 4.87. The van der Waals surface area contributed by atoms with Crippen LogP contribution in [0.1, 0.15) is 71.8 Å². The molecule has 0 unspecified atom stereocenters. The molecule has 3 rings (SSSR count). The van der Waals surface area contributed by atoms with Crippen LogP contribution in [0, 0.1) is 5.92 Å². The minimum Gasteiger partial charge on any atom is -0.330 e. The van der Waals surface area contributed by atoms with Crippen LogP contribution >= 0.6 is 11.3 Å². The van der Waals surface area contributed by atoms with Crippen LogP contribution in [-0.2, 0) is 28.4 Å². The Kier molecular flexibility index (Phi) is 7.22. The molecule has 1 aromatic carbocycles. The first kappa shape index (κ1) is 25.6. The molecule has 2 aromatic heterocycles. The molecule has 0 saturated heterocycles. The summed E-state index contributed by atoms with van der Waals surface area (Å²) in [6.45, 7) is 16.9. The Balaban J connectivity index is 1.96. The van der Waals surface area contributed by atoms with Gasteiger partial charge in [-0.25, -0.2) is 23.1 Å². The zero-order valence-corrected chi connectivity index (χ0v) is 22.6. The van der Waals surface area contributed by atoms with Gasteiger partial charge < -0.3 is 4.57 Å². The van der Waals surface area contributed by atoms with E-state index in [0.29, 0.717) is 18.2 Å². The van der Waals surface area contributed by atoms with Gasteiger partial charge in [-0.2, -0.15) is 0 Å². The van der Waals surface area contributed by atoms with E-state index in [2.05, 4.69) is 48.9 Å². The van der Waals surface area contributed by atoms with E-state index in [-0.39, 0.29) is 9.62 Å². The molecule has 2 heterocycles. The number of thiazole rings is 1. The number of hydrogen-bond donors (Lipinski definition) is 1. The van der Waals surface area contributed by atoms with Gasteiger partial charge in [0.25, 0.3) is 10.0 Å². The molecule has 8 heteroatoms. The molecule has 33 heavy (non-hydrogen) atoms. The molecule has 0 fully saturated rings. The highest BCUT2D eigenvalue weighted by atomic mass is 32.2. The Morgan fingerprint density at radius 1 is 1.06 bits per heavy atom. The summed E-state index contributed by atoms with van der Waals surface area (Å²) in [5, 5.41) is 0.839. The summed E-state index contributed by atoms with van der Waals surface area (Å²) in [5.41, 5.74) is 1.84. The Bertz CT molecular complexity index is 1190. The normalized spacial score (nSPS) is 13.1. The smallest absolute Gasteiger partial charge is 0.252 e. The van der Waals surface area contributed by atoms with Gasteiger partial charge in [0.15, 0.2) is 4.21 Å². The molecule has 0 aliphatic carbocycles. The van der Waals surface area contributed by atoms with Crippen LogP contribution in [0.2, 0.25) is 0 Å². The van der Waals surface area contributed by atoms with Gasteiger partial charge in [0.05, 0.1) is 5.01 Å². The lowest BCUT2D eigenvalue weighted by molar-refractivity contribution is 0.492. The van der Waals surface area contributed by atoms with E-state index in [1.807, 2.05) is 57.4 Å². The second kappa shape index (κ2) is 9.31. The minimum absolute atomic E-state index is 0.0415. The van der Waals surface area contributed by atoms with Crippen LogP contribution in [-0.4, -0.2) is 28.5 Å². The van der Waals surface area contributed by atoms with E-state index < -0.39 is 15.6 Å². The number of nitrogens with zero attached hydrogens (tertiary/aromatic N) is 3. The summed E-state index contributed by atoms with van der Waals surface area (Å²) >= 11 is 1.27. The number of benzene rings is 1. The molecule has 0 aliphatic rings. The van der Waals surface area contributed by atoms with Gasteiger partial charge in [-0.05, 0) is 32.3 Å². The topological polar surface area (TPSA) is 76.9 Å². The first-order chi connectivity index (χ1) is 15.2. The molecule has 6 nitrogen and oxygen atoms in total. The number of nitrogens with one attached hydrogen (secondary N) is 1. The maximum atomic E-state index is 13.2. The second-order valence-corrected chi connectivity index (χ2v) is 14.0. The maximum Gasteiger partial charge on any atom is 0.252 e. The first-order valence-electron chi connectivity index (χ1n) is 11.3. The summed E-state index contributed by atoms with van der Waals surface area (Å²) < 4.78 is 31.6. The van der Waals surface area contributed by atoms with Crippen LogP contribution in [0.25, 0.3) is 11.3 Å². The van der Waals surface area contributed by atoms with Crippen LogP contribution in [0.3, 0.4) is 0 Å². The van der Waals surface area contributed by atoms with Crippen LogP contribution in [0.4, 0.5) is 0 Å². The van der Waals surface area contributed by atoms with Crippen molar-refractivity contribution in [2.75, 3.05) is 0 Å². The fourth-order valence-corrected chi connectivity index (χ4v) is 6.84. The molecule has 0 spiro atoms. The molecule has 0 aliphatic heterocycles. The van der Waals surface area contributed by atoms with Crippen molar-refractivity contribution in [2.24, 2.45) is 5.92 Å². The van der Waals surface area contributed by atoms with Gasteiger partial charge in [-0.1, -0.05) is 58.9 Å². The van der Waals surface area contributed by atoms with Crippen molar-refractivity contribution in [3.63, 3.8) is 0 Å². The summed E-state index contributed by atoms with van der Waals surface area (Å²) in [6, 6.07) is 8.01. The molecular formula is C25H36N4O2S2. The average Bonchev–Trinajstić information content (AvgIpc) is 3.27. The highest BCUT2D eigenvalue weighted by Crippen LogP contribution is 2.34. The molecule has 0 amide bonds. The predicted molar refractivity (Wildman–Crippen MR) is 136 cm³/mol. The van der Waals surface area contributed by atoms with E-state index in [1.165, 1.54) is 11.3 Å². The van der Waals surface area contributed by atoms with E-state index in [9.17, 15) is 8.42 Å². The fraction of sp³-hybridized carbons (Fsp3) is 0.520. The maximum absolute atomic E-state index is 13.2. The van der Waals surface area contributed by atoms with Crippen molar-refractivity contribution in [3.05, 3.63) is 53.1 Å². The van der Waals surface area contributed by atoms with Crippen molar-refractivity contribution in [3.8, 4) is 11.3 Å². The zero-order chi connectivity index (χ0) is 24.6. The zero-order valence-electron chi connectivity index (χ0n) is 20.9. The van der Waals surface area contributed by atoms with E-state index >= 15 is 0 Å². The highest BCUT2D eigenvalue weighted by Gasteiger charge is 2.29. The lowest BCUT2D eigenvalue weighted by Gasteiger charge is -2.20. The van der Waals surface area contributed by atoms with E-state index in [4.69, 9.17) is 4.98 Å². The van der Waals surface area contributed by atoms with E-state index in [0.717, 1.165) is 28.4 Å². The van der Waals surface area contributed by atoms with Crippen molar-refractivity contribution in [2.45, 2.75) is 83.5 Å². The molecule has 0 atom stereocenters. The molecular weight excluding hydrogens is 452 g/mol. The minimum atomic E-state index is -3.69. The van der Waals surface area contributed by atoms with Gasteiger partial charge in [0.2, 0.25) is 0 Å². The summed E-state index contributed by atoms with van der Waals surface area (Å²) in [4.78, 5) is 9.28. The lowest BCUT2D eigenvalue weighted by Crippen LogP contribution is -2.40. The predicted octanol–water partition coefficient (Wildman–Crippen LogP) is 5.63. The standard InChI is InChI=1S/C25H36N4O2S2/c1-17(2)15-20-27-21(22(32-20)33(30,31)28-25(6,7)8)19-11-9-18(10-12-19)16-29-14-13-26-23(29)24(3,4)5/h9-14,17,28H,15-16H2,1-8H3. The number of hydrogen-bond acceptors (Lipinski definition) is 5. The van der Waals surface area contributed by atoms with Crippen molar-refractivity contribution in [1.29, 1.82) is 0 Å². The summed E-state index contributed by atoms with van der Waals surface area (Å²) in [5.74, 6) is 1.43. The lowest BCUT2D eigenvalue weighted by atomic mass is 9.95. The quantitative estimate of drug-likeness (QED) is 0.468. The molecule has 3 aromatic rings. The fourth-order valence-electron chi connectivity index (χ4n) is 3.64. The Morgan fingerprint density at radius 2 is 1.70 bits per heavy atom. The Labute approximate surface area is 202 Å². The number of imidazole rings is 1. The number of rotatable bonds is 7. The van der Waals surface area contributed by atoms with Gasteiger partial charge in [0, 0.05) is 41.9 Å². The Morgan fingerprint density at radius 3 is 2.24 bits per heavy atom. The Hall–Kier alpha value is -2.03. The van der Waals surface area contributed by atoms with Crippen LogP contribution in [0.15, 0.2) is 40.9 Å². The van der Waals surface area contributed by atoms with Crippen molar-refractivity contribution in [1.82, 2.24) is 19.3 Å². The van der Waals surface area contributed by atoms with Crippen LogP contribution in [0.5, 0.6) is 0 Å². The van der Waals surface area contributed by atoms with Gasteiger partial charge in [-0.3, -0.25) is 0 Å². The number of sulfonamides is 1. The summed E-state index contributed by atoms with van der Waals surface area (Å²) in [7, 11) is -3.69. The SMILES string of the molecule is CC(C)Cc1nc(-c2ccc(Cn3ccnc3C(C)(C)C)cc2)c(S(=O)(=O)NC(C)(C)C)s1. The van der Waals surface area contributed by atoms with Gasteiger partial charge in [-0.15, -0.1) is 11.3 Å². The average molecular weight is 489 g/mol. The molecule has 0 radical (unpaired) electrons. The molecule has 0 saturated carbocycles. The largest absolute Gasteiger partial charge is 0.330 e. The van der Waals surface area contributed by atoms with Crippen molar-refractivity contribution >= 4 is 21.4 Å². The van der Waals surface area contributed by atoms with Crippen molar-refractivity contribution < 1.29 is 8.42 Å². The number of aromatic nitrogens is 3. The molecule has 1 N–H and O–H groups in total. The monoisotopic (exact) mass is 488 g/mol. The molecule has 0 bridgehead atoms. The van der Waals surface area contributed by atoms with Gasteiger partial charge >= 0.3 is 0 Å². The van der Waals surface area contributed by atoms with Gasteiger partial charge in [0.1, 0.15) is 11.5 Å². The third kappa shape index (κ3) is 6.52. The first-order valence-corrected chi connectivity index (χ1v) is 13.6. The third-order valence-corrected chi connectivity index (χ3v) is 8.22. The summed E-state index contributed by atoms with van der Waals surface area (Å²) in [6.07, 6.45) is 4.58. The second-order valence-electron chi connectivity index (χ2n) is 11.0. The van der Waals surface area contributed by atoms with Crippen LogP contribution < -0.4 is 4.72 Å². The molecule has 180 valence electrons.